The highest BCUT2D eigenvalue weighted by atomic mass is 15.2. The number of fused-ring (bicyclic) bond motifs is 1. The maximum absolute atomic E-state index is 4.78. The minimum atomic E-state index is 0.543. The topological polar surface area (TPSA) is 53.1 Å². The maximum atomic E-state index is 4.78. The molecule has 3 rings (SSSR count). The molecule has 1 aliphatic rings. The van der Waals surface area contributed by atoms with E-state index < -0.39 is 0 Å². The molecule has 21 heavy (non-hydrogen) atoms. The van der Waals surface area contributed by atoms with Crippen LogP contribution in [0.25, 0.3) is 11.0 Å². The van der Waals surface area contributed by atoms with Gasteiger partial charge in [0.15, 0.2) is 11.6 Å². The highest BCUT2D eigenvalue weighted by molar-refractivity contribution is 5.80. The molecule has 5 nitrogen and oxygen atoms in total. The summed E-state index contributed by atoms with van der Waals surface area (Å²) in [6.45, 7) is 2.09. The summed E-state index contributed by atoms with van der Waals surface area (Å²) in [6.07, 6.45) is 3.84. The van der Waals surface area contributed by atoms with Gasteiger partial charge in [0.05, 0.1) is 11.0 Å². The van der Waals surface area contributed by atoms with Gasteiger partial charge in [0.25, 0.3) is 0 Å². The number of nitrogens with zero attached hydrogens (tertiary/aromatic N) is 3. The number of para-hydroxylation sites is 2. The summed E-state index contributed by atoms with van der Waals surface area (Å²) in [7, 11) is 3.99. The van der Waals surface area contributed by atoms with E-state index in [-0.39, 0.29) is 0 Å². The Morgan fingerprint density at radius 2 is 2.00 bits per heavy atom. The van der Waals surface area contributed by atoms with E-state index in [0.29, 0.717) is 6.04 Å². The molecular weight excluding hydrogens is 262 g/mol. The molecule has 0 radical (unpaired) electrons. The van der Waals surface area contributed by atoms with Crippen molar-refractivity contribution in [3.8, 4) is 0 Å². The predicted molar refractivity (Wildman–Crippen MR) is 88.0 cm³/mol. The van der Waals surface area contributed by atoms with Crippen LogP contribution in [0.3, 0.4) is 0 Å². The van der Waals surface area contributed by atoms with Gasteiger partial charge in [-0.15, -0.1) is 0 Å². The van der Waals surface area contributed by atoms with Crippen molar-refractivity contribution in [2.24, 2.45) is 0 Å². The third-order valence-electron chi connectivity index (χ3n) is 4.06. The van der Waals surface area contributed by atoms with Gasteiger partial charge in [-0.2, -0.15) is 0 Å². The van der Waals surface area contributed by atoms with E-state index in [1.165, 1.54) is 19.3 Å². The van der Waals surface area contributed by atoms with Crippen LogP contribution in [0.15, 0.2) is 24.3 Å². The molecule has 1 fully saturated rings. The molecule has 0 saturated carbocycles. The second-order valence-electron chi connectivity index (χ2n) is 5.66. The molecule has 0 aliphatic carbocycles. The van der Waals surface area contributed by atoms with Crippen molar-refractivity contribution in [1.82, 2.24) is 15.3 Å². The van der Waals surface area contributed by atoms with Crippen LogP contribution in [0.4, 0.5) is 11.6 Å². The average Bonchev–Trinajstić information content (AvgIpc) is 2.54. The molecule has 0 bridgehead atoms. The zero-order valence-corrected chi connectivity index (χ0v) is 12.8. The highest BCUT2D eigenvalue weighted by Gasteiger charge is 2.18. The normalized spacial score (nSPS) is 18.7. The first-order valence-electron chi connectivity index (χ1n) is 7.67. The van der Waals surface area contributed by atoms with Crippen LogP contribution in [0, 0.1) is 0 Å². The molecule has 112 valence electrons. The largest absolute Gasteiger partial charge is 0.370 e. The zero-order chi connectivity index (χ0) is 14.7. The maximum Gasteiger partial charge on any atom is 0.172 e. The number of hydrogen-bond donors (Lipinski definition) is 2. The SMILES string of the molecule is CNc1nc2ccccc2nc1N(C)CC1CCCCN1. The van der Waals surface area contributed by atoms with Crippen LogP contribution >= 0.6 is 0 Å². The van der Waals surface area contributed by atoms with Gasteiger partial charge in [0.2, 0.25) is 0 Å². The number of benzene rings is 1. The Bertz CT molecular complexity index is 607. The molecule has 1 aromatic heterocycles. The van der Waals surface area contributed by atoms with E-state index >= 15 is 0 Å². The standard InChI is InChI=1S/C16H23N5/c1-17-15-16(20-14-9-4-3-8-13(14)19-15)21(2)11-12-7-5-6-10-18-12/h3-4,8-9,12,18H,5-7,10-11H2,1-2H3,(H,17,19). The van der Waals surface area contributed by atoms with Crippen LogP contribution in [0.1, 0.15) is 19.3 Å². The Kier molecular flexibility index (Phi) is 4.20. The van der Waals surface area contributed by atoms with E-state index in [1.807, 2.05) is 31.3 Å². The number of piperidine rings is 1. The smallest absolute Gasteiger partial charge is 0.172 e. The lowest BCUT2D eigenvalue weighted by Crippen LogP contribution is -2.42. The fourth-order valence-corrected chi connectivity index (χ4v) is 2.92. The van der Waals surface area contributed by atoms with Crippen molar-refractivity contribution in [2.45, 2.75) is 25.3 Å². The Morgan fingerprint density at radius 1 is 1.24 bits per heavy atom. The van der Waals surface area contributed by atoms with Gasteiger partial charge in [-0.25, -0.2) is 9.97 Å². The first-order valence-corrected chi connectivity index (χ1v) is 7.67. The third-order valence-corrected chi connectivity index (χ3v) is 4.06. The second-order valence-corrected chi connectivity index (χ2v) is 5.66. The van der Waals surface area contributed by atoms with Crippen molar-refractivity contribution < 1.29 is 0 Å². The molecule has 1 unspecified atom stereocenters. The molecule has 1 aromatic carbocycles. The van der Waals surface area contributed by atoms with Crippen molar-refractivity contribution in [1.29, 1.82) is 0 Å². The lowest BCUT2D eigenvalue weighted by Gasteiger charge is -2.29. The number of anilines is 2. The van der Waals surface area contributed by atoms with Crippen molar-refractivity contribution in [2.75, 3.05) is 37.4 Å². The summed E-state index contributed by atoms with van der Waals surface area (Å²) < 4.78 is 0. The van der Waals surface area contributed by atoms with E-state index in [1.54, 1.807) is 0 Å². The fraction of sp³-hybridized carbons (Fsp3) is 0.500. The third kappa shape index (κ3) is 3.08. The van der Waals surface area contributed by atoms with Gasteiger partial charge in [-0.05, 0) is 31.5 Å². The van der Waals surface area contributed by atoms with Crippen LogP contribution in [-0.4, -0.2) is 43.2 Å². The second kappa shape index (κ2) is 6.26. The number of rotatable bonds is 4. The lowest BCUT2D eigenvalue weighted by molar-refractivity contribution is 0.403. The molecule has 2 aromatic rings. The molecule has 2 N–H and O–H groups in total. The van der Waals surface area contributed by atoms with Gasteiger partial charge in [0, 0.05) is 26.7 Å². The Balaban J connectivity index is 1.86. The van der Waals surface area contributed by atoms with E-state index in [0.717, 1.165) is 35.8 Å². The Labute approximate surface area is 125 Å². The van der Waals surface area contributed by atoms with Gasteiger partial charge in [-0.1, -0.05) is 18.6 Å². The van der Waals surface area contributed by atoms with E-state index in [9.17, 15) is 0 Å². The number of likely N-dealkylation sites (N-methyl/N-ethyl adjacent to an activating group) is 1. The fourth-order valence-electron chi connectivity index (χ4n) is 2.92. The number of aromatic nitrogens is 2. The first-order chi connectivity index (χ1) is 10.3. The summed E-state index contributed by atoms with van der Waals surface area (Å²) in [6, 6.07) is 8.55. The first kappa shape index (κ1) is 14.1. The molecule has 1 aliphatic heterocycles. The van der Waals surface area contributed by atoms with Crippen LogP contribution in [0.2, 0.25) is 0 Å². The van der Waals surface area contributed by atoms with Gasteiger partial charge in [-0.3, -0.25) is 0 Å². The van der Waals surface area contributed by atoms with E-state index in [4.69, 9.17) is 4.98 Å². The molecule has 1 atom stereocenters. The zero-order valence-electron chi connectivity index (χ0n) is 12.8. The summed E-state index contributed by atoms with van der Waals surface area (Å²) in [4.78, 5) is 11.7. The average molecular weight is 285 g/mol. The van der Waals surface area contributed by atoms with Gasteiger partial charge in [0.1, 0.15) is 0 Å². The molecular formula is C16H23N5. The van der Waals surface area contributed by atoms with Crippen molar-refractivity contribution >= 4 is 22.7 Å². The summed E-state index contributed by atoms with van der Waals surface area (Å²) in [5, 5.41) is 6.75. The highest BCUT2D eigenvalue weighted by Crippen LogP contribution is 2.24. The van der Waals surface area contributed by atoms with Crippen molar-refractivity contribution in [3.63, 3.8) is 0 Å². The van der Waals surface area contributed by atoms with Crippen molar-refractivity contribution in [3.05, 3.63) is 24.3 Å². The number of nitrogens with one attached hydrogen (secondary N) is 2. The molecule has 0 amide bonds. The van der Waals surface area contributed by atoms with Crippen LogP contribution in [0.5, 0.6) is 0 Å². The van der Waals surface area contributed by atoms with E-state index in [2.05, 4.69) is 27.6 Å². The molecule has 1 saturated heterocycles. The summed E-state index contributed by atoms with van der Waals surface area (Å²) in [5.41, 5.74) is 1.87. The predicted octanol–water partition coefficient (Wildman–Crippen LogP) is 2.25. The van der Waals surface area contributed by atoms with Crippen LogP contribution in [-0.2, 0) is 0 Å². The number of hydrogen-bond acceptors (Lipinski definition) is 5. The quantitative estimate of drug-likeness (QED) is 0.902. The lowest BCUT2D eigenvalue weighted by atomic mass is 10.0. The minimum Gasteiger partial charge on any atom is -0.370 e. The van der Waals surface area contributed by atoms with Gasteiger partial charge < -0.3 is 15.5 Å². The summed E-state index contributed by atoms with van der Waals surface area (Å²) in [5.74, 6) is 1.76. The minimum absolute atomic E-state index is 0.543. The molecule has 0 spiro atoms. The Morgan fingerprint density at radius 3 is 2.67 bits per heavy atom. The molecule has 2 heterocycles. The Hall–Kier alpha value is -1.88. The molecule has 5 heteroatoms. The summed E-state index contributed by atoms with van der Waals surface area (Å²) >= 11 is 0. The van der Waals surface area contributed by atoms with Crippen LogP contribution < -0.4 is 15.5 Å². The van der Waals surface area contributed by atoms with Gasteiger partial charge >= 0.3 is 0 Å². The monoisotopic (exact) mass is 285 g/mol.